The van der Waals surface area contributed by atoms with Gasteiger partial charge in [0.05, 0.1) is 5.69 Å². The number of rotatable bonds is 4. The van der Waals surface area contributed by atoms with Gasteiger partial charge in [0.15, 0.2) is 0 Å². The number of nitrogens with two attached hydrogens (primary N) is 1. The highest BCUT2D eigenvalue weighted by Crippen LogP contribution is 2.26. The minimum Gasteiger partial charge on any atom is -0.489 e. The van der Waals surface area contributed by atoms with Gasteiger partial charge in [-0.1, -0.05) is 45.1 Å². The molecule has 0 unspecified atom stereocenters. The van der Waals surface area contributed by atoms with Crippen LogP contribution in [0.5, 0.6) is 5.75 Å². The van der Waals surface area contributed by atoms with Crippen LogP contribution in [0.15, 0.2) is 42.6 Å². The zero-order valence-corrected chi connectivity index (χ0v) is 13.4. The van der Waals surface area contributed by atoms with E-state index in [9.17, 15) is 0 Å². The second-order valence-corrected chi connectivity index (χ2v) is 6.42. The summed E-state index contributed by atoms with van der Waals surface area (Å²) in [5.41, 5.74) is 8.55. The number of nitrogens with zero attached hydrogens (tertiary/aromatic N) is 1. The number of aromatic nitrogens is 1. The van der Waals surface area contributed by atoms with Gasteiger partial charge in [0.2, 0.25) is 0 Å². The Morgan fingerprint density at radius 1 is 1.24 bits per heavy atom. The van der Waals surface area contributed by atoms with Gasteiger partial charge in [-0.15, -0.1) is 0 Å². The molecule has 2 rings (SSSR count). The van der Waals surface area contributed by atoms with Crippen molar-refractivity contribution in [3.8, 4) is 5.75 Å². The van der Waals surface area contributed by atoms with Crippen molar-refractivity contribution >= 4 is 17.2 Å². The van der Waals surface area contributed by atoms with Crippen LogP contribution in [-0.2, 0) is 12.0 Å². The lowest BCUT2D eigenvalue weighted by Gasteiger charge is -2.19. The molecule has 0 atom stereocenters. The quantitative estimate of drug-likeness (QED) is 0.877. The molecule has 3 nitrogen and oxygen atoms in total. The molecule has 0 radical (unpaired) electrons. The first kappa shape index (κ1) is 15.4. The zero-order valence-electron chi connectivity index (χ0n) is 12.6. The minimum atomic E-state index is 0.106. The summed E-state index contributed by atoms with van der Waals surface area (Å²) in [6, 6.07) is 11.9. The van der Waals surface area contributed by atoms with Crippen molar-refractivity contribution in [2.24, 2.45) is 5.73 Å². The molecule has 21 heavy (non-hydrogen) atoms. The third-order valence-corrected chi connectivity index (χ3v) is 3.39. The van der Waals surface area contributed by atoms with Crippen molar-refractivity contribution in [2.45, 2.75) is 32.8 Å². The summed E-state index contributed by atoms with van der Waals surface area (Å²) in [5.74, 6) is 0.858. The molecule has 110 valence electrons. The highest BCUT2D eigenvalue weighted by Gasteiger charge is 2.13. The first-order valence-corrected chi connectivity index (χ1v) is 7.25. The van der Waals surface area contributed by atoms with Crippen molar-refractivity contribution in [1.29, 1.82) is 0 Å². The third kappa shape index (κ3) is 4.26. The zero-order chi connectivity index (χ0) is 15.5. The van der Waals surface area contributed by atoms with E-state index in [2.05, 4.69) is 37.9 Å². The Bertz CT molecular complexity index is 647. The fraction of sp³-hybridized carbons (Fsp3) is 0.294. The van der Waals surface area contributed by atoms with Gasteiger partial charge in [0.1, 0.15) is 17.3 Å². The Hall–Kier alpha value is -1.94. The van der Waals surface area contributed by atoms with E-state index in [4.69, 9.17) is 22.7 Å². The van der Waals surface area contributed by atoms with Crippen LogP contribution in [-0.4, -0.2) is 9.97 Å². The first-order chi connectivity index (χ1) is 9.86. The Morgan fingerprint density at radius 2 is 2.00 bits per heavy atom. The molecular formula is C17H20N2OS. The Labute approximate surface area is 131 Å². The van der Waals surface area contributed by atoms with Crippen LogP contribution in [0, 0.1) is 0 Å². The fourth-order valence-electron chi connectivity index (χ4n) is 1.92. The lowest BCUT2D eigenvalue weighted by atomic mass is 9.87. The molecule has 1 heterocycles. The summed E-state index contributed by atoms with van der Waals surface area (Å²) in [6.07, 6.45) is 1.69. The lowest BCUT2D eigenvalue weighted by Crippen LogP contribution is -2.12. The van der Waals surface area contributed by atoms with Gasteiger partial charge >= 0.3 is 0 Å². The van der Waals surface area contributed by atoms with Crippen molar-refractivity contribution in [3.05, 3.63) is 59.4 Å². The third-order valence-electron chi connectivity index (χ3n) is 3.18. The largest absolute Gasteiger partial charge is 0.489 e. The number of ether oxygens (including phenoxy) is 1. The summed E-state index contributed by atoms with van der Waals surface area (Å²) in [5, 5.41) is 0. The molecule has 0 fully saturated rings. The van der Waals surface area contributed by atoms with E-state index in [0.717, 1.165) is 11.3 Å². The van der Waals surface area contributed by atoms with Crippen LogP contribution in [0.3, 0.4) is 0 Å². The molecule has 0 aliphatic heterocycles. The molecule has 4 heteroatoms. The van der Waals surface area contributed by atoms with Crippen LogP contribution in [0.1, 0.15) is 37.6 Å². The monoisotopic (exact) mass is 300 g/mol. The molecule has 0 aliphatic carbocycles. The number of pyridine rings is 1. The molecule has 0 aliphatic rings. The maximum atomic E-state index is 5.85. The predicted molar refractivity (Wildman–Crippen MR) is 89.6 cm³/mol. The highest BCUT2D eigenvalue weighted by molar-refractivity contribution is 7.80. The van der Waals surface area contributed by atoms with Crippen molar-refractivity contribution in [2.75, 3.05) is 0 Å². The molecule has 0 saturated carbocycles. The lowest BCUT2D eigenvalue weighted by molar-refractivity contribution is 0.305. The van der Waals surface area contributed by atoms with Gasteiger partial charge in [0, 0.05) is 6.20 Å². The molecule has 0 amide bonds. The van der Waals surface area contributed by atoms with Crippen molar-refractivity contribution in [3.63, 3.8) is 0 Å². The first-order valence-electron chi connectivity index (χ1n) is 6.84. The standard InChI is InChI=1S/C17H20N2OS/c1-17(2,3)13-5-4-6-14(10-13)20-11-12-7-8-19-15(9-12)16(18)21/h4-10H,11H2,1-3H3,(H2,18,21). The molecule has 0 spiro atoms. The minimum absolute atomic E-state index is 0.106. The van der Waals surface area contributed by atoms with Gasteiger partial charge in [-0.3, -0.25) is 4.98 Å². The predicted octanol–water partition coefficient (Wildman–Crippen LogP) is 3.59. The van der Waals surface area contributed by atoms with Gasteiger partial charge in [-0.05, 0) is 40.8 Å². The molecule has 2 aromatic rings. The van der Waals surface area contributed by atoms with Crippen LogP contribution in [0.2, 0.25) is 0 Å². The second kappa shape index (κ2) is 6.22. The summed E-state index contributed by atoms with van der Waals surface area (Å²) in [7, 11) is 0. The van der Waals surface area contributed by atoms with E-state index in [-0.39, 0.29) is 5.41 Å². The Kier molecular flexibility index (Phi) is 4.58. The number of hydrogen-bond acceptors (Lipinski definition) is 3. The summed E-state index contributed by atoms with van der Waals surface area (Å²) in [4.78, 5) is 4.42. The summed E-state index contributed by atoms with van der Waals surface area (Å²) >= 11 is 4.93. The Morgan fingerprint density at radius 3 is 2.67 bits per heavy atom. The maximum absolute atomic E-state index is 5.85. The molecule has 0 bridgehead atoms. The second-order valence-electron chi connectivity index (χ2n) is 5.98. The van der Waals surface area contributed by atoms with E-state index in [1.807, 2.05) is 24.3 Å². The number of benzene rings is 1. The highest BCUT2D eigenvalue weighted by atomic mass is 32.1. The number of thiocarbonyl (C=S) groups is 1. The van der Waals surface area contributed by atoms with E-state index in [1.54, 1.807) is 6.20 Å². The van der Waals surface area contributed by atoms with E-state index < -0.39 is 0 Å². The van der Waals surface area contributed by atoms with Crippen LogP contribution < -0.4 is 10.5 Å². The molecule has 1 aromatic heterocycles. The van der Waals surface area contributed by atoms with Crippen LogP contribution >= 0.6 is 12.2 Å². The van der Waals surface area contributed by atoms with Gasteiger partial charge in [-0.2, -0.15) is 0 Å². The normalized spacial score (nSPS) is 11.2. The fourth-order valence-corrected chi connectivity index (χ4v) is 2.03. The SMILES string of the molecule is CC(C)(C)c1cccc(OCc2ccnc(C(N)=S)c2)c1. The van der Waals surface area contributed by atoms with E-state index in [0.29, 0.717) is 17.3 Å². The molecule has 1 aromatic carbocycles. The Balaban J connectivity index is 2.10. The smallest absolute Gasteiger partial charge is 0.122 e. The summed E-state index contributed by atoms with van der Waals surface area (Å²) < 4.78 is 5.85. The number of hydrogen-bond donors (Lipinski definition) is 1. The molecule has 0 saturated heterocycles. The average Bonchev–Trinajstić information content (AvgIpc) is 2.45. The van der Waals surface area contributed by atoms with Gasteiger partial charge < -0.3 is 10.5 Å². The van der Waals surface area contributed by atoms with Crippen LogP contribution in [0.4, 0.5) is 0 Å². The van der Waals surface area contributed by atoms with Gasteiger partial charge in [0.25, 0.3) is 0 Å². The van der Waals surface area contributed by atoms with E-state index in [1.165, 1.54) is 5.56 Å². The van der Waals surface area contributed by atoms with Crippen LogP contribution in [0.25, 0.3) is 0 Å². The summed E-state index contributed by atoms with van der Waals surface area (Å²) in [6.45, 7) is 7.02. The topological polar surface area (TPSA) is 48.1 Å². The molecular weight excluding hydrogens is 280 g/mol. The van der Waals surface area contributed by atoms with Gasteiger partial charge in [-0.25, -0.2) is 0 Å². The molecule has 2 N–H and O–H groups in total. The maximum Gasteiger partial charge on any atom is 0.122 e. The van der Waals surface area contributed by atoms with E-state index >= 15 is 0 Å². The average molecular weight is 300 g/mol. The van der Waals surface area contributed by atoms with Crippen molar-refractivity contribution in [1.82, 2.24) is 4.98 Å². The van der Waals surface area contributed by atoms with Crippen molar-refractivity contribution < 1.29 is 4.74 Å².